The van der Waals surface area contributed by atoms with Crippen LogP contribution in [0.25, 0.3) is 0 Å². The van der Waals surface area contributed by atoms with Crippen molar-refractivity contribution >= 4 is 0 Å². The fraction of sp³-hybridized carbons (Fsp3) is 0.750. The lowest BCUT2D eigenvalue weighted by Crippen LogP contribution is -2.44. The fourth-order valence-corrected chi connectivity index (χ4v) is 7.19. The first-order chi connectivity index (χ1) is 16.2. The van der Waals surface area contributed by atoms with Crippen LogP contribution in [-0.4, -0.2) is 12.7 Å². The Morgan fingerprint density at radius 1 is 0.788 bits per heavy atom. The van der Waals surface area contributed by atoms with Crippen molar-refractivity contribution in [2.75, 3.05) is 6.61 Å². The van der Waals surface area contributed by atoms with Crippen molar-refractivity contribution < 1.29 is 4.74 Å². The van der Waals surface area contributed by atoms with Crippen LogP contribution in [0.2, 0.25) is 0 Å². The number of unbranched alkanes of at least 4 members (excludes halogenated alkanes) is 4. The highest BCUT2D eigenvalue weighted by Crippen LogP contribution is 2.59. The topological polar surface area (TPSA) is 9.23 Å². The lowest BCUT2D eigenvalue weighted by Gasteiger charge is -2.54. The van der Waals surface area contributed by atoms with Crippen molar-refractivity contribution in [2.45, 2.75) is 140 Å². The van der Waals surface area contributed by atoms with E-state index in [1.165, 1.54) is 109 Å². The van der Waals surface area contributed by atoms with Gasteiger partial charge in [0.05, 0.1) is 12.7 Å². The van der Waals surface area contributed by atoms with Gasteiger partial charge < -0.3 is 4.74 Å². The molecule has 1 heteroatoms. The Kier molecular flexibility index (Phi) is 9.14. The molecule has 1 aromatic carbocycles. The van der Waals surface area contributed by atoms with Crippen LogP contribution >= 0.6 is 0 Å². The Morgan fingerprint density at radius 3 is 2.09 bits per heavy atom. The van der Waals surface area contributed by atoms with Crippen molar-refractivity contribution in [1.29, 1.82) is 0 Å². The van der Waals surface area contributed by atoms with E-state index in [1.807, 2.05) is 0 Å². The Labute approximate surface area is 204 Å². The fourth-order valence-electron chi connectivity index (χ4n) is 7.19. The summed E-state index contributed by atoms with van der Waals surface area (Å²) in [5.41, 5.74) is 4.44. The molecule has 0 aliphatic heterocycles. The molecule has 184 valence electrons. The molecule has 0 unspecified atom stereocenters. The normalized spacial score (nSPS) is 31.9. The van der Waals surface area contributed by atoms with E-state index in [0.717, 1.165) is 12.5 Å². The van der Waals surface area contributed by atoms with Crippen LogP contribution in [-0.2, 0) is 10.2 Å². The number of hydrogen-bond acceptors (Lipinski definition) is 1. The average Bonchev–Trinajstić information content (AvgIpc) is 2.88. The van der Waals surface area contributed by atoms with Crippen LogP contribution in [0.3, 0.4) is 0 Å². The lowest BCUT2D eigenvalue weighted by atomic mass is 9.51. The molecule has 5 rings (SSSR count). The summed E-state index contributed by atoms with van der Waals surface area (Å²) in [6.07, 6.45) is 28.3. The molecule has 33 heavy (non-hydrogen) atoms. The van der Waals surface area contributed by atoms with Crippen LogP contribution in [0.4, 0.5) is 0 Å². The van der Waals surface area contributed by atoms with E-state index in [9.17, 15) is 0 Å². The Morgan fingerprint density at radius 2 is 1.45 bits per heavy atom. The molecule has 0 N–H and O–H groups in total. The largest absolute Gasteiger partial charge is 0.374 e. The van der Waals surface area contributed by atoms with Crippen molar-refractivity contribution in [3.8, 4) is 0 Å². The van der Waals surface area contributed by atoms with Gasteiger partial charge in [0.2, 0.25) is 0 Å². The van der Waals surface area contributed by atoms with Gasteiger partial charge in [-0.2, -0.15) is 0 Å². The zero-order chi connectivity index (χ0) is 23.0. The average molecular weight is 451 g/mol. The van der Waals surface area contributed by atoms with Gasteiger partial charge in [-0.15, -0.1) is 0 Å². The van der Waals surface area contributed by atoms with Gasteiger partial charge in [0.25, 0.3) is 0 Å². The third-order valence-electron chi connectivity index (χ3n) is 9.70. The van der Waals surface area contributed by atoms with E-state index in [-0.39, 0.29) is 0 Å². The molecule has 0 heterocycles. The van der Waals surface area contributed by atoms with Crippen molar-refractivity contribution in [1.82, 2.24) is 0 Å². The maximum atomic E-state index is 6.13. The molecule has 4 aliphatic carbocycles. The first kappa shape index (κ1) is 25.0. The second-order valence-electron chi connectivity index (χ2n) is 11.8. The van der Waals surface area contributed by atoms with E-state index in [4.69, 9.17) is 4.74 Å². The predicted octanol–water partition coefficient (Wildman–Crippen LogP) is 9.65. The third-order valence-corrected chi connectivity index (χ3v) is 9.70. The van der Waals surface area contributed by atoms with Gasteiger partial charge in [-0.25, -0.2) is 0 Å². The minimum Gasteiger partial charge on any atom is -0.374 e. The minimum absolute atomic E-state index is 0.470. The van der Waals surface area contributed by atoms with Gasteiger partial charge in [0.1, 0.15) is 0 Å². The zero-order valence-corrected chi connectivity index (χ0v) is 21.8. The number of benzene rings is 1. The minimum atomic E-state index is 0.470. The standard InChI is InChI=1S/C32H50O/c1-3-5-7-8-10-26-33-30-17-13-28(14-18-30)27-11-15-29(16-12-27)32-23-20-31(21-24-32,22-25-32)19-9-6-4-2/h8,10-12,15-16,28,30H,3-7,9,13-14,17-26H2,1-2H3/b10-8+/t28-,30-,31?,32?. The van der Waals surface area contributed by atoms with E-state index in [0.29, 0.717) is 16.9 Å². The first-order valence-electron chi connectivity index (χ1n) is 14.6. The van der Waals surface area contributed by atoms with Gasteiger partial charge in [0.15, 0.2) is 0 Å². The quantitative estimate of drug-likeness (QED) is 0.227. The predicted molar refractivity (Wildman–Crippen MR) is 142 cm³/mol. The molecule has 0 saturated heterocycles. The highest BCUT2D eigenvalue weighted by Gasteiger charge is 2.48. The van der Waals surface area contributed by atoms with Crippen LogP contribution < -0.4 is 0 Å². The lowest BCUT2D eigenvalue weighted by molar-refractivity contribution is 0.0305. The summed E-state index contributed by atoms with van der Waals surface area (Å²) in [5.74, 6) is 0.737. The molecule has 0 spiro atoms. The van der Waals surface area contributed by atoms with Crippen LogP contribution in [0.1, 0.15) is 140 Å². The molecular formula is C32H50O. The summed E-state index contributed by atoms with van der Waals surface area (Å²) in [4.78, 5) is 0. The molecule has 0 atom stereocenters. The number of hydrogen-bond donors (Lipinski definition) is 0. The Hall–Kier alpha value is -1.08. The number of fused-ring (bicyclic) bond motifs is 3. The van der Waals surface area contributed by atoms with Gasteiger partial charge in [0, 0.05) is 0 Å². The number of rotatable bonds is 12. The molecule has 0 aromatic heterocycles. The van der Waals surface area contributed by atoms with E-state index < -0.39 is 0 Å². The second-order valence-corrected chi connectivity index (χ2v) is 11.8. The van der Waals surface area contributed by atoms with Crippen LogP contribution in [0.15, 0.2) is 36.4 Å². The molecule has 4 fully saturated rings. The smallest absolute Gasteiger partial charge is 0.0651 e. The van der Waals surface area contributed by atoms with Crippen molar-refractivity contribution in [3.63, 3.8) is 0 Å². The maximum Gasteiger partial charge on any atom is 0.0651 e. The molecule has 4 aliphatic rings. The summed E-state index contributed by atoms with van der Waals surface area (Å²) in [5, 5.41) is 0. The van der Waals surface area contributed by atoms with E-state index in [2.05, 4.69) is 50.3 Å². The molecular weight excluding hydrogens is 400 g/mol. The summed E-state index contributed by atoms with van der Waals surface area (Å²) < 4.78 is 6.13. The highest BCUT2D eigenvalue weighted by atomic mass is 16.5. The van der Waals surface area contributed by atoms with Gasteiger partial charge >= 0.3 is 0 Å². The summed E-state index contributed by atoms with van der Waals surface area (Å²) in [6, 6.07) is 10.0. The summed E-state index contributed by atoms with van der Waals surface area (Å²) in [6.45, 7) is 5.39. The molecule has 0 radical (unpaired) electrons. The monoisotopic (exact) mass is 450 g/mol. The third kappa shape index (κ3) is 6.33. The molecule has 1 nitrogen and oxygen atoms in total. The Balaban J connectivity index is 1.23. The number of ether oxygens (including phenoxy) is 1. The molecule has 2 bridgehead atoms. The van der Waals surface area contributed by atoms with Crippen molar-refractivity contribution in [3.05, 3.63) is 47.5 Å². The molecule has 4 saturated carbocycles. The summed E-state index contributed by atoms with van der Waals surface area (Å²) >= 11 is 0. The van der Waals surface area contributed by atoms with Crippen LogP contribution in [0, 0.1) is 5.41 Å². The number of allylic oxidation sites excluding steroid dienone is 1. The molecule has 1 aromatic rings. The zero-order valence-electron chi connectivity index (χ0n) is 21.8. The molecule has 0 amide bonds. The second kappa shape index (κ2) is 12.1. The van der Waals surface area contributed by atoms with E-state index in [1.54, 1.807) is 11.1 Å². The SMILES string of the molecule is CCCC/C=C/CO[C@H]1CC[C@H](c2ccc(C34CCC(CCCCC)(CC3)CC4)cc2)CC1. The van der Waals surface area contributed by atoms with E-state index >= 15 is 0 Å². The maximum absolute atomic E-state index is 6.13. The highest BCUT2D eigenvalue weighted by molar-refractivity contribution is 5.33. The van der Waals surface area contributed by atoms with Crippen LogP contribution in [0.5, 0.6) is 0 Å². The first-order valence-corrected chi connectivity index (χ1v) is 14.6. The Bertz CT molecular complexity index is 697. The summed E-state index contributed by atoms with van der Waals surface area (Å²) in [7, 11) is 0. The van der Waals surface area contributed by atoms with Gasteiger partial charge in [-0.3, -0.25) is 0 Å². The van der Waals surface area contributed by atoms with Crippen molar-refractivity contribution in [2.24, 2.45) is 5.41 Å². The van der Waals surface area contributed by atoms with Gasteiger partial charge in [-0.05, 0) is 105 Å². The van der Waals surface area contributed by atoms with Gasteiger partial charge in [-0.1, -0.05) is 82.4 Å².